The summed E-state index contributed by atoms with van der Waals surface area (Å²) in [4.78, 5) is 19.6. The monoisotopic (exact) mass is 373 g/mol. The third-order valence-electron chi connectivity index (χ3n) is 2.73. The van der Waals surface area contributed by atoms with Gasteiger partial charge >= 0.3 is 5.97 Å². The van der Waals surface area contributed by atoms with E-state index in [2.05, 4.69) is 25.9 Å². The average molecular weight is 374 g/mol. The van der Waals surface area contributed by atoms with Gasteiger partial charge in [0.25, 0.3) is 0 Å². The second-order valence-electron chi connectivity index (χ2n) is 4.45. The summed E-state index contributed by atoms with van der Waals surface area (Å²) in [6, 6.07) is 1.87. The largest absolute Gasteiger partial charge is 0.481 e. The molecule has 1 atom stereocenters. The molecule has 0 saturated carbocycles. The molecule has 0 spiro atoms. The Balaban J connectivity index is 2.36. The molecule has 1 N–H and O–H groups in total. The van der Waals surface area contributed by atoms with E-state index in [-0.39, 0.29) is 11.9 Å². The van der Waals surface area contributed by atoms with E-state index < -0.39 is 5.97 Å². The van der Waals surface area contributed by atoms with Crippen molar-refractivity contribution in [2.75, 3.05) is 12.4 Å². The quantitative estimate of drug-likeness (QED) is 0.751. The lowest BCUT2D eigenvalue weighted by Crippen LogP contribution is -2.17. The van der Waals surface area contributed by atoms with Gasteiger partial charge in [0, 0.05) is 17.3 Å². The third-order valence-corrected chi connectivity index (χ3v) is 4.13. The number of thioether (sulfide) groups is 1. The Kier molecular flexibility index (Phi) is 5.60. The number of imidazole rings is 1. The van der Waals surface area contributed by atoms with Crippen LogP contribution in [-0.4, -0.2) is 44.1 Å². The smallest absolute Gasteiger partial charge is 0.313 e. The van der Waals surface area contributed by atoms with Gasteiger partial charge in [-0.15, -0.1) is 0 Å². The van der Waals surface area contributed by atoms with E-state index in [0.29, 0.717) is 18.3 Å². The Morgan fingerprint density at radius 3 is 3.05 bits per heavy atom. The number of halogens is 1. The first-order chi connectivity index (χ1) is 10.0. The van der Waals surface area contributed by atoms with Crippen LogP contribution in [0.15, 0.2) is 21.9 Å². The van der Waals surface area contributed by atoms with E-state index in [1.807, 2.05) is 24.5 Å². The summed E-state index contributed by atoms with van der Waals surface area (Å²) in [6.45, 7) is 5.13. The van der Waals surface area contributed by atoms with Crippen LogP contribution in [0.4, 0.5) is 0 Å². The van der Waals surface area contributed by atoms with Crippen molar-refractivity contribution in [3.8, 4) is 0 Å². The number of aliphatic carboxylic acids is 1. The van der Waals surface area contributed by atoms with Crippen molar-refractivity contribution in [1.82, 2.24) is 14.5 Å². The van der Waals surface area contributed by atoms with Gasteiger partial charge in [0.1, 0.15) is 5.52 Å². The van der Waals surface area contributed by atoms with E-state index in [0.717, 1.165) is 15.6 Å². The number of rotatable bonds is 7. The normalized spacial score (nSPS) is 12.7. The van der Waals surface area contributed by atoms with Crippen molar-refractivity contribution in [1.29, 1.82) is 0 Å². The minimum absolute atomic E-state index is 0.00187. The molecule has 2 rings (SSSR count). The number of pyridine rings is 1. The molecule has 0 amide bonds. The molecule has 0 bridgehead atoms. The van der Waals surface area contributed by atoms with Crippen molar-refractivity contribution in [3.05, 3.63) is 16.7 Å². The van der Waals surface area contributed by atoms with Crippen molar-refractivity contribution in [2.45, 2.75) is 31.7 Å². The fraction of sp³-hybridized carbons (Fsp3) is 0.462. The van der Waals surface area contributed by atoms with E-state index in [1.165, 1.54) is 11.8 Å². The number of hydrogen-bond donors (Lipinski definition) is 1. The Bertz CT molecular complexity index is 647. The average Bonchev–Trinajstić information content (AvgIpc) is 2.74. The number of carbonyl (C=O) groups is 1. The fourth-order valence-electron chi connectivity index (χ4n) is 1.96. The second kappa shape index (κ2) is 7.24. The van der Waals surface area contributed by atoms with Crippen LogP contribution in [0.5, 0.6) is 0 Å². The van der Waals surface area contributed by atoms with Gasteiger partial charge in [-0.1, -0.05) is 11.8 Å². The topological polar surface area (TPSA) is 77.2 Å². The first kappa shape index (κ1) is 16.3. The number of fused-ring (bicyclic) bond motifs is 1. The van der Waals surface area contributed by atoms with Crippen molar-refractivity contribution in [2.24, 2.45) is 0 Å². The zero-order valence-corrected chi connectivity index (χ0v) is 14.1. The highest BCUT2D eigenvalue weighted by Crippen LogP contribution is 2.25. The summed E-state index contributed by atoms with van der Waals surface area (Å²) in [7, 11) is 0. The van der Waals surface area contributed by atoms with Crippen LogP contribution in [0.3, 0.4) is 0 Å². The van der Waals surface area contributed by atoms with Crippen LogP contribution in [-0.2, 0) is 16.1 Å². The van der Waals surface area contributed by atoms with E-state index in [1.54, 1.807) is 6.20 Å². The lowest BCUT2D eigenvalue weighted by molar-refractivity contribution is -0.133. The van der Waals surface area contributed by atoms with Gasteiger partial charge in [-0.05, 0) is 35.8 Å². The Morgan fingerprint density at radius 2 is 2.38 bits per heavy atom. The Hall–Kier alpha value is -1.12. The first-order valence-electron chi connectivity index (χ1n) is 6.49. The zero-order valence-electron chi connectivity index (χ0n) is 11.7. The van der Waals surface area contributed by atoms with E-state index >= 15 is 0 Å². The van der Waals surface area contributed by atoms with Gasteiger partial charge in [0.05, 0.1) is 18.4 Å². The minimum Gasteiger partial charge on any atom is -0.481 e. The summed E-state index contributed by atoms with van der Waals surface area (Å²) < 4.78 is 8.31. The van der Waals surface area contributed by atoms with Crippen molar-refractivity contribution in [3.63, 3.8) is 0 Å². The zero-order chi connectivity index (χ0) is 15.4. The number of aromatic nitrogens is 3. The summed E-state index contributed by atoms with van der Waals surface area (Å²) >= 11 is 4.56. The Morgan fingerprint density at radius 1 is 1.62 bits per heavy atom. The molecule has 21 heavy (non-hydrogen) atoms. The summed E-state index contributed by atoms with van der Waals surface area (Å²) in [5.74, 6) is -0.904. The van der Waals surface area contributed by atoms with Gasteiger partial charge < -0.3 is 14.4 Å². The SMILES string of the molecule is CCOC(C)Cn1c(SCC(=O)O)nc2cc(Br)cnc21. The van der Waals surface area contributed by atoms with Crippen LogP contribution in [0.25, 0.3) is 11.2 Å². The molecule has 0 aliphatic rings. The Labute approximate surface area is 135 Å². The number of carboxylic acids is 1. The van der Waals surface area contributed by atoms with E-state index in [9.17, 15) is 4.79 Å². The first-order valence-corrected chi connectivity index (χ1v) is 8.27. The van der Waals surface area contributed by atoms with Gasteiger partial charge in [-0.3, -0.25) is 4.79 Å². The summed E-state index contributed by atoms with van der Waals surface area (Å²) in [6.07, 6.45) is 1.71. The molecule has 2 aromatic rings. The van der Waals surface area contributed by atoms with Crippen molar-refractivity contribution >= 4 is 44.8 Å². The lowest BCUT2D eigenvalue weighted by Gasteiger charge is -2.14. The lowest BCUT2D eigenvalue weighted by atomic mass is 10.4. The fourth-order valence-corrected chi connectivity index (χ4v) is 3.01. The third kappa shape index (κ3) is 4.18. The molecule has 0 fully saturated rings. The minimum atomic E-state index is -0.870. The number of hydrogen-bond acceptors (Lipinski definition) is 5. The van der Waals surface area contributed by atoms with Crippen LogP contribution >= 0.6 is 27.7 Å². The maximum absolute atomic E-state index is 10.8. The molecule has 0 aromatic carbocycles. The number of carboxylic acid groups (broad SMARTS) is 1. The van der Waals surface area contributed by atoms with Gasteiger partial charge in [-0.25, -0.2) is 9.97 Å². The molecule has 8 heteroatoms. The molecule has 0 aliphatic carbocycles. The predicted octanol–water partition coefficient (Wildman–Crippen LogP) is 2.80. The summed E-state index contributed by atoms with van der Waals surface area (Å²) in [5.41, 5.74) is 1.47. The highest BCUT2D eigenvalue weighted by molar-refractivity contribution is 9.10. The van der Waals surface area contributed by atoms with Crippen molar-refractivity contribution < 1.29 is 14.6 Å². The predicted molar refractivity (Wildman–Crippen MR) is 84.7 cm³/mol. The summed E-state index contributed by atoms with van der Waals surface area (Å²) in [5, 5.41) is 9.49. The van der Waals surface area contributed by atoms with Crippen LogP contribution < -0.4 is 0 Å². The van der Waals surface area contributed by atoms with Crippen LogP contribution in [0.2, 0.25) is 0 Å². The maximum Gasteiger partial charge on any atom is 0.313 e. The van der Waals surface area contributed by atoms with Gasteiger partial charge in [0.2, 0.25) is 0 Å². The molecule has 2 aromatic heterocycles. The highest BCUT2D eigenvalue weighted by atomic mass is 79.9. The molecule has 2 heterocycles. The second-order valence-corrected chi connectivity index (χ2v) is 6.31. The molecular weight excluding hydrogens is 358 g/mol. The molecule has 0 aliphatic heterocycles. The van der Waals surface area contributed by atoms with Gasteiger partial charge in [0.15, 0.2) is 10.8 Å². The molecule has 114 valence electrons. The van der Waals surface area contributed by atoms with Gasteiger partial charge in [-0.2, -0.15) is 0 Å². The highest BCUT2D eigenvalue weighted by Gasteiger charge is 2.16. The molecule has 6 nitrogen and oxygen atoms in total. The van der Waals surface area contributed by atoms with Crippen LogP contribution in [0.1, 0.15) is 13.8 Å². The standard InChI is InChI=1S/C13H16BrN3O3S/c1-3-20-8(2)6-17-12-10(4-9(14)5-15-12)16-13(17)21-7-11(18)19/h4-5,8H,3,6-7H2,1-2H3,(H,18,19). The maximum atomic E-state index is 10.8. The van der Waals surface area contributed by atoms with Crippen LogP contribution in [0, 0.1) is 0 Å². The van der Waals surface area contributed by atoms with E-state index in [4.69, 9.17) is 9.84 Å². The number of ether oxygens (including phenoxy) is 1. The number of nitrogens with zero attached hydrogens (tertiary/aromatic N) is 3. The molecule has 0 radical (unpaired) electrons. The molecule has 1 unspecified atom stereocenters. The molecule has 0 saturated heterocycles. The molecular formula is C13H16BrN3O3S.